The number of nitrogens with zero attached hydrogens (tertiary/aromatic N) is 4. The molecular weight excluding hydrogens is 732 g/mol. The van der Waals surface area contributed by atoms with Gasteiger partial charge in [0.15, 0.2) is 23.8 Å². The van der Waals surface area contributed by atoms with Crippen molar-refractivity contribution in [2.24, 2.45) is 88.8 Å². The normalized spacial score (nSPS) is 11.8. The Hall–Kier alpha value is -4.32. The van der Waals surface area contributed by atoms with Gasteiger partial charge in [-0.3, -0.25) is 20.0 Å². The summed E-state index contributed by atoms with van der Waals surface area (Å²) < 4.78 is 0. The number of guanidine groups is 4. The molecule has 4 unspecified atom stereocenters. The smallest absolute Gasteiger partial charge is 0.548 e. The molecule has 0 aliphatic rings. The minimum absolute atomic E-state index is 0. The fourth-order valence-corrected chi connectivity index (χ4v) is 2.55. The Balaban J connectivity index is -0.000000174. The molecule has 280 valence electrons. The van der Waals surface area contributed by atoms with E-state index in [1.54, 1.807) is 0 Å². The zero-order valence-electron chi connectivity index (χ0n) is 27.3. The second-order valence-corrected chi connectivity index (χ2v) is 9.50. The van der Waals surface area contributed by atoms with Crippen LogP contribution in [-0.4, -0.2) is 98.1 Å². The third-order valence-electron chi connectivity index (χ3n) is 5.08. The molecule has 0 bridgehead atoms. The van der Waals surface area contributed by atoms with E-state index in [1.807, 2.05) is 0 Å². The van der Waals surface area contributed by atoms with Crippen LogP contribution < -0.4 is 89.2 Å². The summed E-state index contributed by atoms with van der Waals surface area (Å²) >= 11 is 0. The molecule has 25 heteroatoms. The third kappa shape index (κ3) is 48.2. The van der Waals surface area contributed by atoms with Crippen LogP contribution in [0.3, 0.4) is 0 Å². The van der Waals surface area contributed by atoms with Crippen molar-refractivity contribution in [2.45, 2.75) is 75.5 Å². The standard InChI is InChI=1S/4C6H14N4O2.Zr/c4*7-4(5(11)12)2-1-3-10-6(8)9;/h4*4H,1-3,7H2,(H,11,12)(H4,8,9,10);/q;;;;+4/p-4. The Labute approximate surface area is 303 Å². The molecule has 0 saturated carbocycles. The average Bonchev–Trinajstić information content (AvgIpc) is 2.97. The molecular formula is C24H52N16O8Zr. The maximum absolute atomic E-state index is 10.1. The summed E-state index contributed by atoms with van der Waals surface area (Å²) in [5.74, 6) is -5.01. The fraction of sp³-hybridized carbons (Fsp3) is 0.667. The molecule has 0 saturated heterocycles. The number of aliphatic carboxylic acids is 4. The van der Waals surface area contributed by atoms with Gasteiger partial charge >= 0.3 is 26.2 Å². The number of carbonyl (C=O) groups is 4. The van der Waals surface area contributed by atoms with Gasteiger partial charge in [0, 0.05) is 50.3 Å². The summed E-state index contributed by atoms with van der Waals surface area (Å²) in [6.07, 6.45) is 3.41. The molecule has 0 heterocycles. The predicted octanol–water partition coefficient (Wildman–Crippen LogP) is -11.5. The Morgan fingerprint density at radius 3 is 0.633 bits per heavy atom. The molecule has 0 aromatic rings. The molecule has 49 heavy (non-hydrogen) atoms. The van der Waals surface area contributed by atoms with Gasteiger partial charge in [-0.15, -0.1) is 0 Å². The molecule has 24 nitrogen and oxygen atoms in total. The summed E-state index contributed by atoms with van der Waals surface area (Å²) in [5, 5.41) is 40.4. The van der Waals surface area contributed by atoms with E-state index >= 15 is 0 Å². The molecule has 0 amide bonds. The first kappa shape index (κ1) is 54.1. The van der Waals surface area contributed by atoms with Gasteiger partial charge in [0.2, 0.25) is 0 Å². The van der Waals surface area contributed by atoms with Crippen molar-refractivity contribution in [3.8, 4) is 0 Å². The quantitative estimate of drug-likeness (QED) is 0.0310. The van der Waals surface area contributed by atoms with Crippen LogP contribution in [0.15, 0.2) is 20.0 Å². The van der Waals surface area contributed by atoms with Gasteiger partial charge in [0.05, 0.1) is 23.9 Å². The molecule has 0 fully saturated rings. The van der Waals surface area contributed by atoms with Crippen LogP contribution in [0, 0.1) is 0 Å². The Bertz CT molecular complexity index is 873. The van der Waals surface area contributed by atoms with Gasteiger partial charge in [0.1, 0.15) is 0 Å². The van der Waals surface area contributed by atoms with E-state index in [9.17, 15) is 39.6 Å². The monoisotopic (exact) mass is 782 g/mol. The zero-order chi connectivity index (χ0) is 38.2. The molecule has 0 aromatic heterocycles. The summed E-state index contributed by atoms with van der Waals surface area (Å²) in [7, 11) is 0. The van der Waals surface area contributed by atoms with Crippen LogP contribution in [0.2, 0.25) is 0 Å². The molecule has 4 atom stereocenters. The van der Waals surface area contributed by atoms with E-state index in [-0.39, 0.29) is 50.0 Å². The van der Waals surface area contributed by atoms with Crippen LogP contribution in [0.1, 0.15) is 51.4 Å². The van der Waals surface area contributed by atoms with Crippen molar-refractivity contribution in [3.63, 3.8) is 0 Å². The first-order valence-corrected chi connectivity index (χ1v) is 14.2. The molecule has 0 radical (unpaired) electrons. The van der Waals surface area contributed by atoms with Crippen molar-refractivity contribution in [1.29, 1.82) is 0 Å². The summed E-state index contributed by atoms with van der Waals surface area (Å²) in [4.78, 5) is 55.1. The van der Waals surface area contributed by atoms with Gasteiger partial charge in [-0.05, 0) is 51.4 Å². The average molecular weight is 784 g/mol. The fourth-order valence-electron chi connectivity index (χ4n) is 2.55. The number of carboxylic acids is 4. The minimum atomic E-state index is -1.25. The van der Waals surface area contributed by atoms with Crippen molar-refractivity contribution < 1.29 is 65.8 Å². The molecule has 0 aliphatic carbocycles. The van der Waals surface area contributed by atoms with Gasteiger partial charge < -0.3 is 108 Å². The molecule has 0 spiro atoms. The Morgan fingerprint density at radius 1 is 0.388 bits per heavy atom. The van der Waals surface area contributed by atoms with Crippen molar-refractivity contribution >= 4 is 47.7 Å². The van der Waals surface area contributed by atoms with Crippen LogP contribution in [0.25, 0.3) is 0 Å². The first-order chi connectivity index (χ1) is 22.1. The number of nitrogens with two attached hydrogens (primary N) is 12. The van der Waals surface area contributed by atoms with E-state index < -0.39 is 48.0 Å². The topological polar surface area (TPSA) is 522 Å². The van der Waals surface area contributed by atoms with E-state index in [1.165, 1.54) is 0 Å². The van der Waals surface area contributed by atoms with Crippen LogP contribution in [0.5, 0.6) is 0 Å². The Kier molecular flexibility index (Phi) is 38.7. The van der Waals surface area contributed by atoms with E-state index in [4.69, 9.17) is 68.8 Å². The minimum Gasteiger partial charge on any atom is -0.548 e. The number of carboxylic acid groups (broad SMARTS) is 4. The van der Waals surface area contributed by atoms with Crippen molar-refractivity contribution in [2.75, 3.05) is 26.2 Å². The molecule has 0 rings (SSSR count). The van der Waals surface area contributed by atoms with Gasteiger partial charge in [-0.2, -0.15) is 0 Å². The molecule has 24 N–H and O–H groups in total. The van der Waals surface area contributed by atoms with Crippen LogP contribution >= 0.6 is 0 Å². The number of hydrogen-bond acceptors (Lipinski definition) is 16. The number of aliphatic imine (C=N–C) groups is 4. The van der Waals surface area contributed by atoms with Crippen molar-refractivity contribution in [1.82, 2.24) is 0 Å². The zero-order valence-corrected chi connectivity index (χ0v) is 29.7. The van der Waals surface area contributed by atoms with E-state index in [2.05, 4.69) is 20.0 Å². The molecule has 0 aromatic carbocycles. The van der Waals surface area contributed by atoms with Crippen molar-refractivity contribution in [3.05, 3.63) is 0 Å². The second kappa shape index (κ2) is 35.0. The number of carbonyl (C=O) groups excluding carboxylic acids is 4. The number of hydrogen-bond donors (Lipinski definition) is 12. The second-order valence-electron chi connectivity index (χ2n) is 9.50. The van der Waals surface area contributed by atoms with Crippen LogP contribution in [0.4, 0.5) is 0 Å². The van der Waals surface area contributed by atoms with Gasteiger partial charge in [-0.1, -0.05) is 0 Å². The first-order valence-electron chi connectivity index (χ1n) is 14.2. The maximum Gasteiger partial charge on any atom is 4.00 e. The number of rotatable bonds is 20. The SMILES string of the molecule is NC(N)=NCCCC(N)C(=O)[O-].NC(N)=NCCCC(N)C(=O)[O-].NC(N)=NCCCC(N)C(=O)[O-].NC(N)=NCCCC(N)C(=O)[O-].[Zr+4]. The third-order valence-corrected chi connectivity index (χ3v) is 5.08. The predicted molar refractivity (Wildman–Crippen MR) is 172 cm³/mol. The largest absolute Gasteiger partial charge is 4.00 e. The van der Waals surface area contributed by atoms with Crippen LogP contribution in [-0.2, 0) is 45.4 Å². The Morgan fingerprint density at radius 2 is 0.531 bits per heavy atom. The van der Waals surface area contributed by atoms with Gasteiger partial charge in [-0.25, -0.2) is 0 Å². The summed E-state index contributed by atoms with van der Waals surface area (Å²) in [6.45, 7) is 1.57. The maximum atomic E-state index is 10.1. The van der Waals surface area contributed by atoms with Gasteiger partial charge in [0.25, 0.3) is 0 Å². The summed E-state index contributed by atoms with van der Waals surface area (Å²) in [5.41, 5.74) is 60.9. The summed E-state index contributed by atoms with van der Waals surface area (Å²) in [6, 6.07) is -3.73. The molecule has 0 aliphatic heterocycles. The van der Waals surface area contributed by atoms with E-state index in [0.717, 1.165) is 0 Å². The van der Waals surface area contributed by atoms with E-state index in [0.29, 0.717) is 77.5 Å².